The average Bonchev–Trinajstić information content (AvgIpc) is 2.98. The monoisotopic (exact) mass is 655 g/mol. The first-order chi connectivity index (χ1) is 19.9. The quantitative estimate of drug-likeness (QED) is 0.122. The van der Waals surface area contributed by atoms with Crippen LogP contribution < -0.4 is 51.4 Å². The van der Waals surface area contributed by atoms with E-state index in [4.69, 9.17) is 0 Å². The zero-order valence-corrected chi connectivity index (χ0v) is 35.3. The van der Waals surface area contributed by atoms with E-state index in [2.05, 4.69) is 66.6 Å². The molecule has 2 heterocycles. The number of allylic oxidation sites excluding steroid dienone is 1. The maximum Gasteiger partial charge on any atom is 1.00 e. The van der Waals surface area contributed by atoms with Crippen molar-refractivity contribution in [2.75, 3.05) is 33.2 Å². The minimum Gasteiger partial charge on any atom is -0.462 e. The Morgan fingerprint density at radius 3 is 2.00 bits per heavy atom. The summed E-state index contributed by atoms with van der Waals surface area (Å²) in [6, 6.07) is 7.60. The topological polar surface area (TPSA) is 49.9 Å². The summed E-state index contributed by atoms with van der Waals surface area (Å²) in [4.78, 5) is 26.6. The molecule has 1 aromatic carbocycles. The molecule has 0 N–H and O–H groups in total. The van der Waals surface area contributed by atoms with Crippen LogP contribution in [0.5, 0.6) is 0 Å². The van der Waals surface area contributed by atoms with Crippen LogP contribution in [0.2, 0.25) is 0 Å². The smallest absolute Gasteiger partial charge is 0.462 e. The Kier molecular flexibility index (Phi) is 32.6. The third-order valence-corrected chi connectivity index (χ3v) is 8.14. The van der Waals surface area contributed by atoms with Crippen molar-refractivity contribution in [1.82, 2.24) is 9.80 Å². The van der Waals surface area contributed by atoms with E-state index in [1.165, 1.54) is 68.6 Å². The van der Waals surface area contributed by atoms with Crippen LogP contribution in [0.15, 0.2) is 30.4 Å². The van der Waals surface area contributed by atoms with Gasteiger partial charge in [-0.25, -0.2) is 0 Å². The van der Waals surface area contributed by atoms with Gasteiger partial charge in [0.2, 0.25) is 0 Å². The van der Waals surface area contributed by atoms with Crippen LogP contribution in [0.4, 0.5) is 0 Å². The van der Waals surface area contributed by atoms with E-state index in [0.29, 0.717) is 31.0 Å². The minimum atomic E-state index is -0.318. The molecule has 0 spiro atoms. The number of ketones is 1. The summed E-state index contributed by atoms with van der Waals surface area (Å²) in [5.74, 6) is 1.29. The molecule has 45 heavy (non-hydrogen) atoms. The molecular weight excluding hydrogens is 584 g/mol. The van der Waals surface area contributed by atoms with Crippen molar-refractivity contribution in [3.63, 3.8) is 0 Å². The number of Topliss-reactive ketones (excluding diaryl/α,β-unsaturated/α-hetero) is 1. The Balaban J connectivity index is -0.000000525. The van der Waals surface area contributed by atoms with E-state index in [1.807, 2.05) is 55.4 Å². The zero-order valence-electron chi connectivity index (χ0n) is 32.2. The van der Waals surface area contributed by atoms with Gasteiger partial charge in [0, 0.05) is 18.9 Å². The van der Waals surface area contributed by atoms with Gasteiger partial charge >= 0.3 is 51.4 Å². The van der Waals surface area contributed by atoms with Crippen LogP contribution in [-0.4, -0.2) is 66.9 Å². The number of ether oxygens (including phenoxy) is 1. The summed E-state index contributed by atoms with van der Waals surface area (Å²) in [5, 5.41) is 0. The number of rotatable bonds is 10. The predicted molar refractivity (Wildman–Crippen MR) is 194 cm³/mol. The molecule has 1 atom stereocenters. The fourth-order valence-corrected chi connectivity index (χ4v) is 5.56. The Labute approximate surface area is 324 Å². The molecule has 6 heteroatoms. The van der Waals surface area contributed by atoms with Gasteiger partial charge in [-0.05, 0) is 105 Å². The summed E-state index contributed by atoms with van der Waals surface area (Å²) < 4.78 is 4.55. The van der Waals surface area contributed by atoms with Crippen molar-refractivity contribution in [2.24, 2.45) is 5.92 Å². The number of nitrogens with zero attached hydrogens (tertiary/aromatic N) is 2. The van der Waals surface area contributed by atoms with Crippen molar-refractivity contribution < 1.29 is 65.7 Å². The molecule has 258 valence electrons. The molecule has 2 fully saturated rings. The Morgan fingerprint density at radius 1 is 1.04 bits per heavy atom. The largest absolute Gasteiger partial charge is 1.00 e. The number of benzene rings is 1. The van der Waals surface area contributed by atoms with E-state index in [9.17, 15) is 9.59 Å². The van der Waals surface area contributed by atoms with Gasteiger partial charge in [-0.3, -0.25) is 9.59 Å². The first kappa shape index (κ1) is 51.4. The maximum atomic E-state index is 11.8. The van der Waals surface area contributed by atoms with Crippen LogP contribution in [0, 0.1) is 34.1 Å². The Bertz CT molecular complexity index is 896. The predicted octanol–water partition coefficient (Wildman–Crippen LogP) is 6.69. The van der Waals surface area contributed by atoms with E-state index < -0.39 is 0 Å². The molecule has 0 aromatic heterocycles. The van der Waals surface area contributed by atoms with Crippen LogP contribution >= 0.6 is 0 Å². The molecule has 3 rings (SSSR count). The zero-order chi connectivity index (χ0) is 32.3. The minimum absolute atomic E-state index is 0. The van der Waals surface area contributed by atoms with Gasteiger partial charge in [0.05, 0.1) is 0 Å². The second-order valence-corrected chi connectivity index (χ2v) is 12.3. The first-order valence-corrected chi connectivity index (χ1v) is 16.6. The molecule has 0 aliphatic carbocycles. The number of carbonyl (C=O) groups is 2. The maximum absolute atomic E-state index is 11.8. The molecule has 0 saturated carbocycles. The fourth-order valence-electron chi connectivity index (χ4n) is 5.56. The van der Waals surface area contributed by atoms with Gasteiger partial charge in [-0.2, -0.15) is 18.1 Å². The van der Waals surface area contributed by atoms with Gasteiger partial charge in [0.1, 0.15) is 11.4 Å². The van der Waals surface area contributed by atoms with Crippen molar-refractivity contribution in [1.29, 1.82) is 0 Å². The molecule has 2 saturated heterocycles. The standard InChI is InChI=1S/C28H43N2O.C5H10O2.2C2H6.2CH3.K/c1-6-27(31)11-10-24(21(2)3)20-25-8-7-9-28(22(25)4)23-12-18-30(19-13-23)26-14-16-29(5)17-15-26;1-5(2,3)7-4-6;2*1-2;;;/h7-9,20,23-24,26H,2,6,10-19H2,1,3-5H3;4H,1-3H3;2*1-2H3;2*1H3;/q-1;;;;2*-1;+1. The molecule has 2 aliphatic rings. The third kappa shape index (κ3) is 20.5. The van der Waals surface area contributed by atoms with Crippen LogP contribution in [0.25, 0.3) is 0 Å². The number of piperidine rings is 2. The molecular formula is C39H71KN2O3-2. The third-order valence-electron chi connectivity index (χ3n) is 8.14. The second kappa shape index (κ2) is 28.5. The second-order valence-electron chi connectivity index (χ2n) is 12.3. The normalized spacial score (nSPS) is 16.1. The molecule has 0 amide bonds. The fraction of sp³-hybridized carbons (Fsp3) is 0.667. The van der Waals surface area contributed by atoms with Gasteiger partial charge in [0.15, 0.2) is 0 Å². The van der Waals surface area contributed by atoms with Crippen LogP contribution in [-0.2, 0) is 14.3 Å². The van der Waals surface area contributed by atoms with E-state index in [0.717, 1.165) is 18.0 Å². The van der Waals surface area contributed by atoms with E-state index in [-0.39, 0.29) is 77.8 Å². The van der Waals surface area contributed by atoms with Crippen molar-refractivity contribution in [3.05, 3.63) is 68.3 Å². The van der Waals surface area contributed by atoms with Crippen LogP contribution in [0.3, 0.4) is 0 Å². The SMILES string of the molecule is C=C(C)C([CH-]c1cccc(C2CCN(C3CCN(C)CC3)CC2)c1C)CCC(=O)CC.CC.CC.CC(C)(C)OC=O.[CH3-].[CH3-].[K+]. The summed E-state index contributed by atoms with van der Waals surface area (Å²) in [6.45, 7) is 29.4. The number of hydrogen-bond acceptors (Lipinski definition) is 5. The Morgan fingerprint density at radius 2 is 1.58 bits per heavy atom. The summed E-state index contributed by atoms with van der Waals surface area (Å²) in [5.41, 5.74) is 5.12. The molecule has 0 radical (unpaired) electrons. The van der Waals surface area contributed by atoms with Crippen LogP contribution in [0.1, 0.15) is 130 Å². The molecule has 1 aromatic rings. The van der Waals surface area contributed by atoms with Gasteiger partial charge in [-0.1, -0.05) is 58.7 Å². The van der Waals surface area contributed by atoms with Gasteiger partial charge in [0.25, 0.3) is 6.47 Å². The molecule has 1 unspecified atom stereocenters. The Hall–Kier alpha value is -0.474. The molecule has 0 bridgehead atoms. The molecule has 2 aliphatic heterocycles. The summed E-state index contributed by atoms with van der Waals surface area (Å²) in [7, 11) is 2.25. The number of hydrogen-bond donors (Lipinski definition) is 0. The molecule has 5 nitrogen and oxygen atoms in total. The van der Waals surface area contributed by atoms with Crippen molar-refractivity contribution in [2.45, 2.75) is 132 Å². The number of likely N-dealkylation sites (tertiary alicyclic amines) is 2. The van der Waals surface area contributed by atoms with Gasteiger partial charge < -0.3 is 29.4 Å². The summed E-state index contributed by atoms with van der Waals surface area (Å²) >= 11 is 0. The van der Waals surface area contributed by atoms with Crippen molar-refractivity contribution in [3.8, 4) is 0 Å². The average molecular weight is 655 g/mol. The summed E-state index contributed by atoms with van der Waals surface area (Å²) in [6.07, 6.45) is 9.71. The van der Waals surface area contributed by atoms with E-state index >= 15 is 0 Å². The van der Waals surface area contributed by atoms with E-state index in [1.54, 1.807) is 0 Å². The number of carbonyl (C=O) groups excluding carboxylic acids is 2. The first-order valence-electron chi connectivity index (χ1n) is 16.6. The van der Waals surface area contributed by atoms with Crippen molar-refractivity contribution >= 4 is 12.3 Å². The van der Waals surface area contributed by atoms with Gasteiger partial charge in [-0.15, -0.1) is 18.2 Å².